The zero-order valence-corrected chi connectivity index (χ0v) is 14.0. The second kappa shape index (κ2) is 6.03. The Labute approximate surface area is 147 Å². The fourth-order valence-corrected chi connectivity index (χ4v) is 3.57. The minimum Gasteiger partial charge on any atom is -0.465 e. The molecule has 4 rings (SSSR count). The maximum absolute atomic E-state index is 12.3. The minimum atomic E-state index is -0.387. The van der Waals surface area contributed by atoms with Crippen molar-refractivity contribution in [1.29, 1.82) is 0 Å². The summed E-state index contributed by atoms with van der Waals surface area (Å²) in [5, 5.41) is 5.98. The van der Waals surface area contributed by atoms with Crippen LogP contribution in [0.25, 0.3) is 15.8 Å². The van der Waals surface area contributed by atoms with Gasteiger partial charge in [-0.25, -0.2) is 9.78 Å². The number of hydrogen-bond acceptors (Lipinski definition) is 6. The molecule has 0 unspecified atom stereocenters. The molecule has 25 heavy (non-hydrogen) atoms. The van der Waals surface area contributed by atoms with Crippen molar-refractivity contribution in [2.24, 2.45) is 0 Å². The van der Waals surface area contributed by atoms with E-state index in [1.54, 1.807) is 36.0 Å². The number of thiazole rings is 1. The van der Waals surface area contributed by atoms with Crippen LogP contribution in [0.3, 0.4) is 0 Å². The van der Waals surface area contributed by atoms with Gasteiger partial charge in [0.25, 0.3) is 5.91 Å². The predicted octanol–water partition coefficient (Wildman–Crippen LogP) is 3.49. The number of benzene rings is 2. The van der Waals surface area contributed by atoms with Crippen LogP contribution in [0.4, 0.5) is 11.4 Å². The van der Waals surface area contributed by atoms with Crippen molar-refractivity contribution in [3.8, 4) is 0 Å². The van der Waals surface area contributed by atoms with Gasteiger partial charge in [-0.15, -0.1) is 11.3 Å². The normalized spacial score (nSPS) is 14.4. The van der Waals surface area contributed by atoms with E-state index >= 15 is 0 Å². The van der Waals surface area contributed by atoms with Crippen LogP contribution >= 0.6 is 11.3 Å². The molecule has 6 nitrogen and oxygen atoms in total. The molecule has 0 saturated carbocycles. The highest BCUT2D eigenvalue weighted by Crippen LogP contribution is 2.39. The molecule has 124 valence electrons. The number of carbonyl (C=O) groups excluding carboxylic acids is 2. The van der Waals surface area contributed by atoms with E-state index in [1.165, 1.54) is 18.4 Å². The average molecular weight is 351 g/mol. The summed E-state index contributed by atoms with van der Waals surface area (Å²) in [5.41, 5.74) is 6.08. The Bertz CT molecular complexity index is 1020. The van der Waals surface area contributed by atoms with Crippen molar-refractivity contribution < 1.29 is 14.3 Å². The first-order chi connectivity index (χ1) is 12.2. The van der Waals surface area contributed by atoms with Gasteiger partial charge < -0.3 is 15.4 Å². The molecular weight excluding hydrogens is 338 g/mol. The fourth-order valence-electron chi connectivity index (χ4n) is 2.72. The van der Waals surface area contributed by atoms with Crippen LogP contribution in [0.15, 0.2) is 48.1 Å². The van der Waals surface area contributed by atoms with Crippen molar-refractivity contribution in [3.63, 3.8) is 0 Å². The van der Waals surface area contributed by atoms with Gasteiger partial charge in [0, 0.05) is 17.5 Å². The lowest BCUT2D eigenvalue weighted by atomic mass is 10.1. The number of nitrogens with one attached hydrogen (secondary N) is 2. The lowest BCUT2D eigenvalue weighted by molar-refractivity contribution is -0.110. The summed E-state index contributed by atoms with van der Waals surface area (Å²) in [5.74, 6) is -0.545. The van der Waals surface area contributed by atoms with Gasteiger partial charge >= 0.3 is 5.97 Å². The molecule has 2 heterocycles. The average Bonchev–Trinajstić information content (AvgIpc) is 3.23. The number of aromatic nitrogens is 1. The van der Waals surface area contributed by atoms with E-state index in [2.05, 4.69) is 20.4 Å². The topological polar surface area (TPSA) is 80.3 Å². The number of amides is 1. The largest absolute Gasteiger partial charge is 0.465 e. The Morgan fingerprint density at radius 2 is 2.04 bits per heavy atom. The van der Waals surface area contributed by atoms with Gasteiger partial charge in [-0.2, -0.15) is 0 Å². The van der Waals surface area contributed by atoms with E-state index in [1.807, 2.05) is 12.1 Å². The van der Waals surface area contributed by atoms with Crippen LogP contribution in [0.1, 0.15) is 15.9 Å². The maximum atomic E-state index is 12.3. The van der Waals surface area contributed by atoms with Crippen molar-refractivity contribution in [2.75, 3.05) is 17.7 Å². The highest BCUT2D eigenvalue weighted by Gasteiger charge is 2.27. The molecule has 0 atom stereocenters. The number of anilines is 2. The minimum absolute atomic E-state index is 0.158. The molecule has 1 aromatic heterocycles. The number of hydrogen-bond donors (Lipinski definition) is 2. The van der Waals surface area contributed by atoms with Crippen LogP contribution in [0, 0.1) is 0 Å². The van der Waals surface area contributed by atoms with Gasteiger partial charge in [0.15, 0.2) is 0 Å². The number of rotatable bonds is 3. The fraction of sp³-hybridized carbons (Fsp3) is 0.0556. The van der Waals surface area contributed by atoms with Gasteiger partial charge in [0.2, 0.25) is 0 Å². The van der Waals surface area contributed by atoms with Crippen molar-refractivity contribution in [1.82, 2.24) is 4.98 Å². The molecule has 3 aromatic rings. The van der Waals surface area contributed by atoms with Crippen molar-refractivity contribution in [3.05, 3.63) is 59.2 Å². The number of nitrogens with zero attached hydrogens (tertiary/aromatic N) is 1. The molecule has 0 fully saturated rings. The summed E-state index contributed by atoms with van der Waals surface area (Å²) < 4.78 is 5.65. The molecule has 1 amide bonds. The molecule has 2 N–H and O–H groups in total. The third kappa shape index (κ3) is 2.64. The zero-order valence-electron chi connectivity index (χ0n) is 13.2. The van der Waals surface area contributed by atoms with E-state index in [0.717, 1.165) is 27.2 Å². The van der Waals surface area contributed by atoms with Crippen LogP contribution in [-0.4, -0.2) is 24.0 Å². The Morgan fingerprint density at radius 3 is 2.80 bits per heavy atom. The van der Waals surface area contributed by atoms with E-state index < -0.39 is 0 Å². The molecule has 7 heteroatoms. The lowest BCUT2D eigenvalue weighted by Gasteiger charge is -2.04. The standard InChI is InChI=1S/C18H13N3O3S/c1-24-18(23)10-2-4-11(5-3-10)19-8-12-15-13(21-17(12)22)6-7-14-16(15)25-9-20-14/h2-9,19H,1H3,(H,21,22)/b12-8-. The second-order valence-corrected chi connectivity index (χ2v) is 6.27. The highest BCUT2D eigenvalue weighted by molar-refractivity contribution is 7.17. The Morgan fingerprint density at radius 1 is 1.24 bits per heavy atom. The number of ether oxygens (including phenoxy) is 1. The summed E-state index contributed by atoms with van der Waals surface area (Å²) >= 11 is 1.50. The summed E-state index contributed by atoms with van der Waals surface area (Å²) in [6.07, 6.45) is 1.67. The monoisotopic (exact) mass is 351 g/mol. The first kappa shape index (κ1) is 15.3. The van der Waals surface area contributed by atoms with Gasteiger partial charge in [-0.05, 0) is 36.4 Å². The Hall–Kier alpha value is -3.19. The van der Waals surface area contributed by atoms with Gasteiger partial charge in [0.1, 0.15) is 0 Å². The second-order valence-electron chi connectivity index (χ2n) is 5.41. The van der Waals surface area contributed by atoms with Crippen LogP contribution < -0.4 is 10.6 Å². The van der Waals surface area contributed by atoms with Crippen LogP contribution in [0.5, 0.6) is 0 Å². The van der Waals surface area contributed by atoms with E-state index in [-0.39, 0.29) is 11.9 Å². The summed E-state index contributed by atoms with van der Waals surface area (Å²) in [4.78, 5) is 28.1. The lowest BCUT2D eigenvalue weighted by Crippen LogP contribution is -2.05. The molecule has 1 aliphatic rings. The third-order valence-corrected chi connectivity index (χ3v) is 4.81. The Kier molecular flexibility index (Phi) is 3.70. The first-order valence-corrected chi connectivity index (χ1v) is 8.38. The number of fused-ring (bicyclic) bond motifs is 3. The molecule has 0 radical (unpaired) electrons. The molecule has 0 spiro atoms. The SMILES string of the molecule is COC(=O)c1ccc(N/C=C2\C(=O)Nc3ccc4ncsc4c32)cc1. The highest BCUT2D eigenvalue weighted by atomic mass is 32.1. The van der Waals surface area contributed by atoms with Crippen LogP contribution in [-0.2, 0) is 9.53 Å². The molecule has 2 aromatic carbocycles. The number of carbonyl (C=O) groups is 2. The molecule has 0 bridgehead atoms. The van der Waals surface area contributed by atoms with Crippen molar-refractivity contribution in [2.45, 2.75) is 0 Å². The molecule has 0 aliphatic carbocycles. The molecule has 0 saturated heterocycles. The summed E-state index contributed by atoms with van der Waals surface area (Å²) in [6, 6.07) is 10.6. The first-order valence-electron chi connectivity index (χ1n) is 7.50. The zero-order chi connectivity index (χ0) is 17.4. The Balaban J connectivity index is 1.66. The third-order valence-electron chi connectivity index (χ3n) is 3.95. The van der Waals surface area contributed by atoms with Crippen molar-refractivity contribution >= 4 is 50.4 Å². The number of esters is 1. The maximum Gasteiger partial charge on any atom is 0.337 e. The predicted molar refractivity (Wildman–Crippen MR) is 97.6 cm³/mol. The summed E-state index contributed by atoms with van der Waals surface area (Å²) in [6.45, 7) is 0. The summed E-state index contributed by atoms with van der Waals surface area (Å²) in [7, 11) is 1.34. The van der Waals surface area contributed by atoms with E-state index in [4.69, 9.17) is 0 Å². The smallest absolute Gasteiger partial charge is 0.337 e. The molecular formula is C18H13N3O3S. The van der Waals surface area contributed by atoms with Crippen LogP contribution in [0.2, 0.25) is 0 Å². The quantitative estimate of drug-likeness (QED) is 0.558. The molecule has 1 aliphatic heterocycles. The number of methoxy groups -OCH3 is 1. The van der Waals surface area contributed by atoms with E-state index in [9.17, 15) is 9.59 Å². The van der Waals surface area contributed by atoms with Gasteiger partial charge in [-0.3, -0.25) is 4.79 Å². The van der Waals surface area contributed by atoms with Gasteiger partial charge in [0.05, 0.1) is 39.7 Å². The van der Waals surface area contributed by atoms with E-state index in [0.29, 0.717) is 11.1 Å². The van der Waals surface area contributed by atoms with Gasteiger partial charge in [-0.1, -0.05) is 0 Å².